The first-order valence-corrected chi connectivity index (χ1v) is 7.89. The molecule has 1 fully saturated rings. The minimum atomic E-state index is 0.498. The molecular weight excluding hydrogens is 274 g/mol. The van der Waals surface area contributed by atoms with Gasteiger partial charge in [-0.2, -0.15) is 0 Å². The molecule has 3 rings (SSSR count). The van der Waals surface area contributed by atoms with E-state index in [1.807, 2.05) is 24.3 Å². The number of hydrogen-bond acceptors (Lipinski definition) is 3. The van der Waals surface area contributed by atoms with Gasteiger partial charge in [-0.3, -0.25) is 0 Å². The fraction of sp³-hybridized carbons (Fsp3) is 0.368. The summed E-state index contributed by atoms with van der Waals surface area (Å²) in [6.07, 6.45) is 1.17. The Kier molecular flexibility index (Phi) is 4.96. The highest BCUT2D eigenvalue weighted by atomic mass is 16.5. The van der Waals surface area contributed by atoms with E-state index in [0.29, 0.717) is 11.8 Å². The molecule has 1 saturated heterocycles. The fourth-order valence-electron chi connectivity index (χ4n) is 3.11. The van der Waals surface area contributed by atoms with E-state index in [4.69, 9.17) is 9.47 Å². The number of piperidine rings is 1. The monoisotopic (exact) mass is 297 g/mol. The van der Waals surface area contributed by atoms with Crippen LogP contribution >= 0.6 is 0 Å². The second kappa shape index (κ2) is 7.32. The average Bonchev–Trinajstić information content (AvgIpc) is 2.61. The van der Waals surface area contributed by atoms with Gasteiger partial charge in [0.05, 0.1) is 13.7 Å². The third kappa shape index (κ3) is 3.60. The predicted octanol–water partition coefficient (Wildman–Crippen LogP) is 3.47. The molecule has 1 N–H and O–H groups in total. The molecule has 2 unspecified atom stereocenters. The highest BCUT2D eigenvalue weighted by Gasteiger charge is 2.26. The lowest BCUT2D eigenvalue weighted by atomic mass is 9.81. The third-order valence-corrected chi connectivity index (χ3v) is 4.36. The van der Waals surface area contributed by atoms with Gasteiger partial charge >= 0.3 is 0 Å². The van der Waals surface area contributed by atoms with E-state index in [0.717, 1.165) is 31.2 Å². The molecule has 0 bridgehead atoms. The zero-order chi connectivity index (χ0) is 15.2. The Hall–Kier alpha value is -2.00. The molecule has 0 spiro atoms. The SMILES string of the molecule is COc1ccc(OCC2CNCCC2c2ccccc2)cc1. The molecule has 0 radical (unpaired) electrons. The van der Waals surface area contributed by atoms with Crippen molar-refractivity contribution in [2.75, 3.05) is 26.8 Å². The number of methoxy groups -OCH3 is 1. The molecule has 1 heterocycles. The van der Waals surface area contributed by atoms with Crippen molar-refractivity contribution in [3.05, 3.63) is 60.2 Å². The van der Waals surface area contributed by atoms with Crippen LogP contribution in [0.25, 0.3) is 0 Å². The van der Waals surface area contributed by atoms with Crippen molar-refractivity contribution in [3.63, 3.8) is 0 Å². The molecular formula is C19H23NO2. The number of ether oxygens (including phenoxy) is 2. The van der Waals surface area contributed by atoms with Crippen molar-refractivity contribution in [1.82, 2.24) is 5.32 Å². The molecule has 2 aromatic rings. The first-order chi connectivity index (χ1) is 10.9. The smallest absolute Gasteiger partial charge is 0.119 e. The molecule has 116 valence electrons. The summed E-state index contributed by atoms with van der Waals surface area (Å²) >= 11 is 0. The zero-order valence-electron chi connectivity index (χ0n) is 13.0. The van der Waals surface area contributed by atoms with Crippen LogP contribution in [0.5, 0.6) is 11.5 Å². The van der Waals surface area contributed by atoms with Crippen LogP contribution in [-0.4, -0.2) is 26.8 Å². The average molecular weight is 297 g/mol. The lowest BCUT2D eigenvalue weighted by Crippen LogP contribution is -2.38. The number of nitrogens with one attached hydrogen (secondary N) is 1. The van der Waals surface area contributed by atoms with Crippen molar-refractivity contribution >= 4 is 0 Å². The van der Waals surface area contributed by atoms with E-state index in [1.165, 1.54) is 12.0 Å². The standard InChI is InChI=1S/C19H23NO2/c1-21-17-7-9-18(10-8-17)22-14-16-13-20-12-11-19(16)15-5-3-2-4-6-15/h2-10,16,19-20H,11-14H2,1H3. The van der Waals surface area contributed by atoms with Crippen LogP contribution in [0.4, 0.5) is 0 Å². The number of benzene rings is 2. The molecule has 0 aliphatic carbocycles. The quantitative estimate of drug-likeness (QED) is 0.916. The molecule has 0 saturated carbocycles. The Labute approximate surface area is 132 Å². The minimum absolute atomic E-state index is 0.498. The summed E-state index contributed by atoms with van der Waals surface area (Å²) in [5.74, 6) is 2.82. The van der Waals surface area contributed by atoms with Crippen molar-refractivity contribution in [2.45, 2.75) is 12.3 Å². The highest BCUT2D eigenvalue weighted by molar-refractivity contribution is 5.31. The van der Waals surface area contributed by atoms with Crippen LogP contribution in [0.1, 0.15) is 17.9 Å². The highest BCUT2D eigenvalue weighted by Crippen LogP contribution is 2.31. The topological polar surface area (TPSA) is 30.5 Å². The molecule has 0 aromatic heterocycles. The van der Waals surface area contributed by atoms with E-state index in [2.05, 4.69) is 35.6 Å². The minimum Gasteiger partial charge on any atom is -0.497 e. The maximum Gasteiger partial charge on any atom is 0.119 e. The van der Waals surface area contributed by atoms with Gasteiger partial charge in [-0.25, -0.2) is 0 Å². The Morgan fingerprint density at radius 2 is 1.73 bits per heavy atom. The van der Waals surface area contributed by atoms with E-state index in [9.17, 15) is 0 Å². The second-order valence-corrected chi connectivity index (χ2v) is 5.76. The van der Waals surface area contributed by atoms with Crippen LogP contribution in [0.15, 0.2) is 54.6 Å². The molecule has 22 heavy (non-hydrogen) atoms. The summed E-state index contributed by atoms with van der Waals surface area (Å²) in [7, 11) is 1.67. The van der Waals surface area contributed by atoms with Gasteiger partial charge in [-0.05, 0) is 48.7 Å². The van der Waals surface area contributed by atoms with E-state index in [1.54, 1.807) is 7.11 Å². The summed E-state index contributed by atoms with van der Waals surface area (Å²) in [4.78, 5) is 0. The van der Waals surface area contributed by atoms with Crippen LogP contribution < -0.4 is 14.8 Å². The molecule has 3 nitrogen and oxygen atoms in total. The molecule has 2 aromatic carbocycles. The van der Waals surface area contributed by atoms with Crippen molar-refractivity contribution in [3.8, 4) is 11.5 Å². The van der Waals surface area contributed by atoms with Gasteiger partial charge in [-0.1, -0.05) is 30.3 Å². The lowest BCUT2D eigenvalue weighted by molar-refractivity contribution is 0.197. The predicted molar refractivity (Wildman–Crippen MR) is 88.6 cm³/mol. The van der Waals surface area contributed by atoms with Gasteiger partial charge in [0.15, 0.2) is 0 Å². The first-order valence-electron chi connectivity index (χ1n) is 7.89. The summed E-state index contributed by atoms with van der Waals surface area (Å²) in [6.45, 7) is 2.83. The maximum absolute atomic E-state index is 6.00. The Morgan fingerprint density at radius 1 is 1.00 bits per heavy atom. The normalized spacial score (nSPS) is 21.3. The van der Waals surface area contributed by atoms with Crippen molar-refractivity contribution < 1.29 is 9.47 Å². The van der Waals surface area contributed by atoms with Gasteiger partial charge in [0.25, 0.3) is 0 Å². The van der Waals surface area contributed by atoms with Gasteiger partial charge in [0, 0.05) is 12.5 Å². The van der Waals surface area contributed by atoms with Crippen LogP contribution in [0.3, 0.4) is 0 Å². The summed E-state index contributed by atoms with van der Waals surface area (Å²) in [5, 5.41) is 3.49. The molecule has 2 atom stereocenters. The molecule has 0 amide bonds. The Bertz CT molecular complexity index is 568. The van der Waals surface area contributed by atoms with Crippen molar-refractivity contribution in [2.24, 2.45) is 5.92 Å². The summed E-state index contributed by atoms with van der Waals surface area (Å²) in [6, 6.07) is 18.6. The van der Waals surface area contributed by atoms with Gasteiger partial charge < -0.3 is 14.8 Å². The van der Waals surface area contributed by atoms with E-state index in [-0.39, 0.29) is 0 Å². The van der Waals surface area contributed by atoms with Crippen LogP contribution in [0, 0.1) is 5.92 Å². The number of hydrogen-bond donors (Lipinski definition) is 1. The maximum atomic E-state index is 6.00. The lowest BCUT2D eigenvalue weighted by Gasteiger charge is -2.32. The third-order valence-electron chi connectivity index (χ3n) is 4.36. The van der Waals surface area contributed by atoms with E-state index < -0.39 is 0 Å². The van der Waals surface area contributed by atoms with Crippen LogP contribution in [0.2, 0.25) is 0 Å². The van der Waals surface area contributed by atoms with Gasteiger partial charge in [0.2, 0.25) is 0 Å². The summed E-state index contributed by atoms with van der Waals surface area (Å²) in [5.41, 5.74) is 1.42. The Morgan fingerprint density at radius 3 is 2.45 bits per heavy atom. The fourth-order valence-corrected chi connectivity index (χ4v) is 3.11. The Balaban J connectivity index is 1.64. The molecule has 3 heteroatoms. The van der Waals surface area contributed by atoms with Gasteiger partial charge in [0.1, 0.15) is 11.5 Å². The molecule has 1 aliphatic heterocycles. The zero-order valence-corrected chi connectivity index (χ0v) is 13.0. The second-order valence-electron chi connectivity index (χ2n) is 5.76. The van der Waals surface area contributed by atoms with Crippen LogP contribution in [-0.2, 0) is 0 Å². The number of rotatable bonds is 5. The summed E-state index contributed by atoms with van der Waals surface area (Å²) < 4.78 is 11.2. The van der Waals surface area contributed by atoms with Crippen molar-refractivity contribution in [1.29, 1.82) is 0 Å². The van der Waals surface area contributed by atoms with E-state index >= 15 is 0 Å². The first kappa shape index (κ1) is 14.9. The van der Waals surface area contributed by atoms with Gasteiger partial charge in [-0.15, -0.1) is 0 Å². The molecule has 1 aliphatic rings. The largest absolute Gasteiger partial charge is 0.497 e.